The minimum absolute atomic E-state index is 0.0717. The van der Waals surface area contributed by atoms with Crippen molar-refractivity contribution in [2.45, 2.75) is 12.8 Å². The number of ketones is 4. The fourth-order valence-electron chi connectivity index (χ4n) is 4.40. The zero-order chi connectivity index (χ0) is 25.8. The first-order chi connectivity index (χ1) is 16.6. The molecule has 0 aliphatic heterocycles. The summed E-state index contributed by atoms with van der Waals surface area (Å²) in [6.07, 6.45) is 0.930. The maximum absolute atomic E-state index is 13.1. The highest BCUT2D eigenvalue weighted by molar-refractivity contribution is 6.52. The zero-order valence-electron chi connectivity index (χ0n) is 19.1. The molecule has 3 N–H and O–H groups in total. The highest BCUT2D eigenvalue weighted by Gasteiger charge is 2.41. The predicted octanol–water partition coefficient (Wildman–Crippen LogP) is 2.86. The van der Waals surface area contributed by atoms with E-state index >= 15 is 0 Å². The number of hydrogen-bond acceptors (Lipinski definition) is 10. The van der Waals surface area contributed by atoms with Gasteiger partial charge in [-0.25, -0.2) is 0 Å². The molecule has 10 nitrogen and oxygen atoms in total. The molecule has 0 saturated carbocycles. The SMILES string of the molecule is COC1=CC(=O)c2c(cc(OC)c(C(C)C3=C(O)c4c(O)cc(OC)cc4C(=O)C3=O)c2O)C1=O. The summed E-state index contributed by atoms with van der Waals surface area (Å²) in [5, 5.41) is 32.5. The number of benzene rings is 2. The minimum atomic E-state index is -1.20. The van der Waals surface area contributed by atoms with Crippen LogP contribution >= 0.6 is 0 Å². The van der Waals surface area contributed by atoms with E-state index in [1.165, 1.54) is 46.5 Å². The number of phenolic OH excluding ortho intramolecular Hbond substituents is 2. The van der Waals surface area contributed by atoms with Gasteiger partial charge in [-0.3, -0.25) is 19.2 Å². The van der Waals surface area contributed by atoms with Crippen LogP contribution in [0.4, 0.5) is 0 Å². The van der Waals surface area contributed by atoms with E-state index in [0.29, 0.717) is 0 Å². The lowest BCUT2D eigenvalue weighted by Gasteiger charge is -2.26. The molecular formula is C25H20O10. The highest BCUT2D eigenvalue weighted by Crippen LogP contribution is 2.47. The number of aromatic hydroxyl groups is 2. The third-order valence-corrected chi connectivity index (χ3v) is 6.10. The van der Waals surface area contributed by atoms with Gasteiger partial charge in [-0.1, -0.05) is 6.92 Å². The molecule has 0 aromatic heterocycles. The van der Waals surface area contributed by atoms with Crippen molar-refractivity contribution in [3.05, 3.63) is 63.4 Å². The van der Waals surface area contributed by atoms with Gasteiger partial charge in [0, 0.05) is 34.8 Å². The fraction of sp³-hybridized carbons (Fsp3) is 0.200. The summed E-state index contributed by atoms with van der Waals surface area (Å²) in [5.74, 6) is -6.69. The van der Waals surface area contributed by atoms with Crippen LogP contribution in [-0.2, 0) is 9.53 Å². The topological polar surface area (TPSA) is 157 Å². The molecule has 0 saturated heterocycles. The number of allylic oxidation sites excluding steroid dienone is 3. The van der Waals surface area contributed by atoms with E-state index in [2.05, 4.69) is 0 Å². The molecule has 1 unspecified atom stereocenters. The lowest BCUT2D eigenvalue weighted by molar-refractivity contribution is -0.112. The van der Waals surface area contributed by atoms with Crippen LogP contribution in [0.3, 0.4) is 0 Å². The minimum Gasteiger partial charge on any atom is -0.507 e. The summed E-state index contributed by atoms with van der Waals surface area (Å²) in [6.45, 7) is 1.40. The van der Waals surface area contributed by atoms with Crippen molar-refractivity contribution in [1.82, 2.24) is 0 Å². The molecule has 0 heterocycles. The average Bonchev–Trinajstić information content (AvgIpc) is 2.83. The van der Waals surface area contributed by atoms with Crippen LogP contribution in [-0.4, -0.2) is 59.8 Å². The van der Waals surface area contributed by atoms with Crippen molar-refractivity contribution in [1.29, 1.82) is 0 Å². The van der Waals surface area contributed by atoms with Crippen molar-refractivity contribution >= 4 is 28.9 Å². The van der Waals surface area contributed by atoms with Crippen molar-refractivity contribution in [2.75, 3.05) is 21.3 Å². The first-order valence-corrected chi connectivity index (χ1v) is 10.3. The number of methoxy groups -OCH3 is 3. The van der Waals surface area contributed by atoms with Gasteiger partial charge in [-0.05, 0) is 12.1 Å². The number of aliphatic hydroxyl groups excluding tert-OH is 1. The molecule has 35 heavy (non-hydrogen) atoms. The van der Waals surface area contributed by atoms with Gasteiger partial charge in [-0.2, -0.15) is 0 Å². The van der Waals surface area contributed by atoms with Crippen LogP contribution in [0.5, 0.6) is 23.0 Å². The van der Waals surface area contributed by atoms with Gasteiger partial charge in [0.15, 0.2) is 11.5 Å². The van der Waals surface area contributed by atoms with Crippen molar-refractivity contribution < 1.29 is 48.7 Å². The number of phenols is 2. The van der Waals surface area contributed by atoms with Gasteiger partial charge in [0.25, 0.3) is 0 Å². The molecule has 0 bridgehead atoms. The molecule has 1 atom stereocenters. The lowest BCUT2D eigenvalue weighted by atomic mass is 9.78. The molecular weight excluding hydrogens is 460 g/mol. The Kier molecular flexibility index (Phi) is 5.60. The number of hydrogen-bond donors (Lipinski definition) is 3. The van der Waals surface area contributed by atoms with E-state index < -0.39 is 51.9 Å². The van der Waals surface area contributed by atoms with E-state index in [4.69, 9.17) is 14.2 Å². The van der Waals surface area contributed by atoms with Crippen LogP contribution < -0.4 is 9.47 Å². The molecule has 0 fully saturated rings. The van der Waals surface area contributed by atoms with Gasteiger partial charge < -0.3 is 29.5 Å². The van der Waals surface area contributed by atoms with E-state index in [-0.39, 0.29) is 45.1 Å². The largest absolute Gasteiger partial charge is 0.507 e. The summed E-state index contributed by atoms with van der Waals surface area (Å²) in [5.41, 5.74) is -1.56. The Morgan fingerprint density at radius 1 is 0.771 bits per heavy atom. The fourth-order valence-corrected chi connectivity index (χ4v) is 4.40. The Morgan fingerprint density at radius 2 is 1.43 bits per heavy atom. The van der Waals surface area contributed by atoms with Crippen LogP contribution in [0.1, 0.15) is 55.0 Å². The molecule has 10 heteroatoms. The maximum atomic E-state index is 13.1. The Bertz CT molecular complexity index is 1410. The summed E-state index contributed by atoms with van der Waals surface area (Å²) >= 11 is 0. The molecule has 0 spiro atoms. The van der Waals surface area contributed by atoms with Gasteiger partial charge in [0.2, 0.25) is 17.3 Å². The maximum Gasteiger partial charge on any atom is 0.234 e. The number of carbonyl (C=O) groups excluding carboxylic acids is 4. The van der Waals surface area contributed by atoms with E-state index in [1.54, 1.807) is 0 Å². The summed E-state index contributed by atoms with van der Waals surface area (Å²) in [4.78, 5) is 51.3. The molecule has 2 aromatic rings. The van der Waals surface area contributed by atoms with Gasteiger partial charge in [0.05, 0.1) is 38.0 Å². The van der Waals surface area contributed by atoms with Crippen LogP contribution in [0.25, 0.3) is 5.76 Å². The van der Waals surface area contributed by atoms with Crippen molar-refractivity contribution in [3.8, 4) is 23.0 Å². The van der Waals surface area contributed by atoms with Crippen molar-refractivity contribution in [2.24, 2.45) is 0 Å². The number of fused-ring (bicyclic) bond motifs is 2. The van der Waals surface area contributed by atoms with Gasteiger partial charge in [0.1, 0.15) is 28.8 Å². The van der Waals surface area contributed by atoms with Crippen LogP contribution in [0.15, 0.2) is 35.6 Å². The number of Topliss-reactive ketones (excluding diaryl/α,β-unsaturated/α-hetero) is 3. The molecule has 2 aliphatic carbocycles. The Balaban J connectivity index is 1.96. The molecule has 0 amide bonds. The molecule has 2 aromatic carbocycles. The zero-order valence-corrected chi connectivity index (χ0v) is 19.1. The third-order valence-electron chi connectivity index (χ3n) is 6.10. The molecule has 4 rings (SSSR count). The molecule has 180 valence electrons. The van der Waals surface area contributed by atoms with E-state index in [1.807, 2.05) is 0 Å². The Morgan fingerprint density at radius 3 is 2.03 bits per heavy atom. The van der Waals surface area contributed by atoms with Crippen LogP contribution in [0, 0.1) is 0 Å². The van der Waals surface area contributed by atoms with Gasteiger partial charge >= 0.3 is 0 Å². The first-order valence-electron chi connectivity index (χ1n) is 10.3. The van der Waals surface area contributed by atoms with E-state index in [0.717, 1.165) is 6.08 Å². The lowest BCUT2D eigenvalue weighted by Crippen LogP contribution is -2.27. The van der Waals surface area contributed by atoms with Crippen LogP contribution in [0.2, 0.25) is 0 Å². The number of rotatable bonds is 5. The smallest absolute Gasteiger partial charge is 0.234 e. The molecule has 0 radical (unpaired) electrons. The second-order valence-corrected chi connectivity index (χ2v) is 7.88. The predicted molar refractivity (Wildman–Crippen MR) is 120 cm³/mol. The highest BCUT2D eigenvalue weighted by atomic mass is 16.5. The Hall–Kier alpha value is -4.60. The quantitative estimate of drug-likeness (QED) is 0.544. The number of carbonyl (C=O) groups is 4. The summed E-state index contributed by atoms with van der Waals surface area (Å²) in [6, 6.07) is 3.60. The number of ether oxygens (including phenoxy) is 3. The average molecular weight is 480 g/mol. The third kappa shape index (κ3) is 3.33. The summed E-state index contributed by atoms with van der Waals surface area (Å²) in [7, 11) is 3.77. The second-order valence-electron chi connectivity index (χ2n) is 7.88. The monoisotopic (exact) mass is 480 g/mol. The van der Waals surface area contributed by atoms with E-state index in [9.17, 15) is 34.5 Å². The normalized spacial score (nSPS) is 15.9. The first kappa shape index (κ1) is 23.6. The Labute approximate surface area is 198 Å². The van der Waals surface area contributed by atoms with Crippen molar-refractivity contribution in [3.63, 3.8) is 0 Å². The summed E-state index contributed by atoms with van der Waals surface area (Å²) < 4.78 is 15.3. The second kappa shape index (κ2) is 8.32. The van der Waals surface area contributed by atoms with Gasteiger partial charge in [-0.15, -0.1) is 0 Å². The number of aliphatic hydroxyl groups is 1. The standard InChI is InChI=1S/C25H20O10/c1-9(18-24(31)19-11(22(29)25(18)32)5-10(33-2)6-13(19)26)17-15(34-3)7-12-20(23(17)30)14(27)8-16(35-4)21(12)28/h5-9,26,30-31H,1-4H3. The molecule has 2 aliphatic rings.